The summed E-state index contributed by atoms with van der Waals surface area (Å²) >= 11 is 0. The second-order valence-corrected chi connectivity index (χ2v) is 3.96. The van der Waals surface area contributed by atoms with Gasteiger partial charge in [0.15, 0.2) is 5.69 Å². The number of ether oxygens (including phenoxy) is 1. The maximum atomic E-state index is 11.8. The van der Waals surface area contributed by atoms with Gasteiger partial charge in [-0.15, -0.1) is 5.10 Å². The van der Waals surface area contributed by atoms with Gasteiger partial charge in [0.25, 0.3) is 0 Å². The number of carbonyl (C=O) groups is 2. The van der Waals surface area contributed by atoms with Crippen molar-refractivity contribution in [2.24, 2.45) is 0 Å². The first kappa shape index (κ1) is 14.1. The van der Waals surface area contributed by atoms with E-state index in [9.17, 15) is 9.59 Å². The van der Waals surface area contributed by atoms with Gasteiger partial charge in [-0.25, -0.2) is 9.48 Å². The van der Waals surface area contributed by atoms with Crippen LogP contribution in [0.4, 0.5) is 0 Å². The minimum Gasteiger partial charge on any atom is -0.464 e. The molecule has 0 atom stereocenters. The SMILES string of the molecule is CCCCN(C)C(=O)Cn1cc(C(=O)OC)nn1. The Hall–Kier alpha value is -1.92. The smallest absolute Gasteiger partial charge is 0.360 e. The van der Waals surface area contributed by atoms with Crippen LogP contribution in [0.25, 0.3) is 0 Å². The van der Waals surface area contributed by atoms with Crippen LogP contribution >= 0.6 is 0 Å². The van der Waals surface area contributed by atoms with Crippen molar-refractivity contribution in [3.05, 3.63) is 11.9 Å². The van der Waals surface area contributed by atoms with Gasteiger partial charge in [0.05, 0.1) is 13.3 Å². The molecule has 7 nitrogen and oxygen atoms in total. The predicted molar refractivity (Wildman–Crippen MR) is 63.9 cm³/mol. The molecule has 1 aromatic rings. The first-order valence-electron chi connectivity index (χ1n) is 5.81. The third kappa shape index (κ3) is 3.83. The fourth-order valence-electron chi connectivity index (χ4n) is 1.35. The fourth-order valence-corrected chi connectivity index (χ4v) is 1.35. The third-order valence-electron chi connectivity index (χ3n) is 2.50. The average molecular weight is 254 g/mol. The van der Waals surface area contributed by atoms with Crippen molar-refractivity contribution in [3.63, 3.8) is 0 Å². The Morgan fingerprint density at radius 3 is 2.83 bits per heavy atom. The van der Waals surface area contributed by atoms with Gasteiger partial charge < -0.3 is 9.64 Å². The molecule has 0 aliphatic carbocycles. The maximum absolute atomic E-state index is 11.8. The van der Waals surface area contributed by atoms with Gasteiger partial charge >= 0.3 is 5.97 Å². The number of hydrogen-bond donors (Lipinski definition) is 0. The van der Waals surface area contributed by atoms with E-state index in [-0.39, 0.29) is 18.1 Å². The molecule has 0 aliphatic rings. The van der Waals surface area contributed by atoms with Gasteiger partial charge in [-0.05, 0) is 6.42 Å². The molecule has 0 fully saturated rings. The van der Waals surface area contributed by atoms with Gasteiger partial charge in [0.1, 0.15) is 6.54 Å². The normalized spacial score (nSPS) is 10.2. The largest absolute Gasteiger partial charge is 0.464 e. The highest BCUT2D eigenvalue weighted by Crippen LogP contribution is 1.98. The first-order chi connectivity index (χ1) is 8.58. The molecule has 7 heteroatoms. The van der Waals surface area contributed by atoms with Crippen molar-refractivity contribution in [1.82, 2.24) is 19.9 Å². The zero-order valence-electron chi connectivity index (χ0n) is 10.9. The van der Waals surface area contributed by atoms with Crippen molar-refractivity contribution in [2.75, 3.05) is 20.7 Å². The number of likely N-dealkylation sites (N-methyl/N-ethyl adjacent to an activating group) is 1. The molecular formula is C11H18N4O3. The molecule has 1 amide bonds. The Morgan fingerprint density at radius 2 is 2.22 bits per heavy atom. The summed E-state index contributed by atoms with van der Waals surface area (Å²) < 4.78 is 5.84. The summed E-state index contributed by atoms with van der Waals surface area (Å²) in [5, 5.41) is 7.34. The van der Waals surface area contributed by atoms with Gasteiger partial charge in [0.2, 0.25) is 5.91 Å². The van der Waals surface area contributed by atoms with E-state index in [4.69, 9.17) is 0 Å². The van der Waals surface area contributed by atoms with Crippen LogP contribution in [-0.4, -0.2) is 52.5 Å². The van der Waals surface area contributed by atoms with Gasteiger partial charge in [-0.2, -0.15) is 0 Å². The third-order valence-corrected chi connectivity index (χ3v) is 2.50. The predicted octanol–water partition coefficient (Wildman–Crippen LogP) is 0.323. The molecule has 0 spiro atoms. The molecule has 1 rings (SSSR count). The number of amides is 1. The Bertz CT molecular complexity index is 416. The standard InChI is InChI=1S/C11H18N4O3/c1-4-5-6-14(2)10(16)8-15-7-9(12-13-15)11(17)18-3/h7H,4-6,8H2,1-3H3. The maximum Gasteiger partial charge on any atom is 0.360 e. The highest BCUT2D eigenvalue weighted by Gasteiger charge is 2.14. The molecule has 0 aromatic carbocycles. The van der Waals surface area contributed by atoms with Gasteiger partial charge in [0, 0.05) is 13.6 Å². The van der Waals surface area contributed by atoms with E-state index in [0.717, 1.165) is 12.8 Å². The topological polar surface area (TPSA) is 77.3 Å². The van der Waals surface area contributed by atoms with E-state index < -0.39 is 5.97 Å². The Morgan fingerprint density at radius 1 is 1.50 bits per heavy atom. The monoisotopic (exact) mass is 254 g/mol. The highest BCUT2D eigenvalue weighted by molar-refractivity contribution is 5.86. The molecule has 100 valence electrons. The number of rotatable bonds is 6. The van der Waals surface area contributed by atoms with Crippen molar-refractivity contribution < 1.29 is 14.3 Å². The molecule has 18 heavy (non-hydrogen) atoms. The molecule has 0 unspecified atom stereocenters. The number of aromatic nitrogens is 3. The summed E-state index contributed by atoms with van der Waals surface area (Å²) in [5.74, 6) is -0.627. The molecule has 0 bridgehead atoms. The lowest BCUT2D eigenvalue weighted by Gasteiger charge is -2.16. The molecule has 0 N–H and O–H groups in total. The van der Waals surface area contributed by atoms with Crippen LogP contribution < -0.4 is 0 Å². The molecule has 1 heterocycles. The highest BCUT2D eigenvalue weighted by atomic mass is 16.5. The van der Waals surface area contributed by atoms with Crippen LogP contribution in [0.3, 0.4) is 0 Å². The molecule has 0 radical (unpaired) electrons. The second-order valence-electron chi connectivity index (χ2n) is 3.96. The molecule has 0 saturated heterocycles. The summed E-state index contributed by atoms with van der Waals surface area (Å²) in [4.78, 5) is 24.6. The molecule has 0 saturated carbocycles. The summed E-state index contributed by atoms with van der Waals surface area (Å²) in [7, 11) is 3.02. The Balaban J connectivity index is 2.54. The number of nitrogens with zero attached hydrogens (tertiary/aromatic N) is 4. The zero-order valence-corrected chi connectivity index (χ0v) is 10.9. The van der Waals surface area contributed by atoms with E-state index >= 15 is 0 Å². The van der Waals surface area contributed by atoms with Gasteiger partial charge in [-0.3, -0.25) is 4.79 Å². The number of unbranched alkanes of at least 4 members (excludes halogenated alkanes) is 1. The van der Waals surface area contributed by atoms with Crippen LogP contribution in [0.1, 0.15) is 30.3 Å². The van der Waals surface area contributed by atoms with Crippen LogP contribution in [-0.2, 0) is 16.1 Å². The Kier molecular flexibility index (Phi) is 5.29. The van der Waals surface area contributed by atoms with Crippen LogP contribution in [0.5, 0.6) is 0 Å². The molecule has 0 aliphatic heterocycles. The van der Waals surface area contributed by atoms with Crippen molar-refractivity contribution in [2.45, 2.75) is 26.3 Å². The number of carbonyl (C=O) groups excluding carboxylic acids is 2. The van der Waals surface area contributed by atoms with E-state index in [0.29, 0.717) is 6.54 Å². The van der Waals surface area contributed by atoms with Gasteiger partial charge in [-0.1, -0.05) is 18.6 Å². The molecule has 1 aromatic heterocycles. The van der Waals surface area contributed by atoms with E-state index in [1.54, 1.807) is 11.9 Å². The second kappa shape index (κ2) is 6.73. The zero-order chi connectivity index (χ0) is 13.5. The number of hydrogen-bond acceptors (Lipinski definition) is 5. The number of esters is 1. The fraction of sp³-hybridized carbons (Fsp3) is 0.636. The minimum atomic E-state index is -0.562. The lowest BCUT2D eigenvalue weighted by molar-refractivity contribution is -0.130. The summed E-state index contributed by atoms with van der Waals surface area (Å²) in [6.45, 7) is 2.86. The minimum absolute atomic E-state index is 0.0650. The summed E-state index contributed by atoms with van der Waals surface area (Å²) in [5.41, 5.74) is 0.0986. The summed E-state index contributed by atoms with van der Waals surface area (Å²) in [6.07, 6.45) is 3.40. The van der Waals surface area contributed by atoms with Crippen LogP contribution in [0.15, 0.2) is 6.20 Å². The van der Waals surface area contributed by atoms with Crippen molar-refractivity contribution >= 4 is 11.9 Å². The van der Waals surface area contributed by atoms with Crippen LogP contribution in [0, 0.1) is 0 Å². The van der Waals surface area contributed by atoms with E-state index in [1.165, 1.54) is 18.0 Å². The average Bonchev–Trinajstić information content (AvgIpc) is 2.83. The molecular weight excluding hydrogens is 236 g/mol. The van der Waals surface area contributed by atoms with Crippen molar-refractivity contribution in [1.29, 1.82) is 0 Å². The van der Waals surface area contributed by atoms with Crippen LogP contribution in [0.2, 0.25) is 0 Å². The first-order valence-corrected chi connectivity index (χ1v) is 5.81. The van der Waals surface area contributed by atoms with E-state index in [1.807, 2.05) is 0 Å². The summed E-state index contributed by atoms with van der Waals surface area (Å²) in [6, 6.07) is 0. The van der Waals surface area contributed by atoms with Crippen molar-refractivity contribution in [3.8, 4) is 0 Å². The lowest BCUT2D eigenvalue weighted by atomic mass is 10.3. The van der Waals surface area contributed by atoms with E-state index in [2.05, 4.69) is 22.0 Å². The number of methoxy groups -OCH3 is 1. The quantitative estimate of drug-likeness (QED) is 0.683. The Labute approximate surface area is 106 Å². The lowest BCUT2D eigenvalue weighted by Crippen LogP contribution is -2.31.